The first-order chi connectivity index (χ1) is 7.34. The summed E-state index contributed by atoms with van der Waals surface area (Å²) in [6, 6.07) is 8.27. The maximum absolute atomic E-state index is 4.08. The van der Waals surface area contributed by atoms with Crippen LogP contribution in [0, 0.1) is 0 Å². The zero-order valence-corrected chi connectivity index (χ0v) is 9.68. The van der Waals surface area contributed by atoms with Crippen molar-refractivity contribution in [2.24, 2.45) is 0 Å². The summed E-state index contributed by atoms with van der Waals surface area (Å²) >= 11 is 3.45. The molecule has 76 valence electrons. The lowest BCUT2D eigenvalue weighted by Crippen LogP contribution is -1.97. The third-order valence-corrected chi connectivity index (χ3v) is 2.57. The van der Waals surface area contributed by atoms with Gasteiger partial charge in [0.2, 0.25) is 0 Å². The van der Waals surface area contributed by atoms with Gasteiger partial charge in [-0.2, -0.15) is 0 Å². The van der Waals surface area contributed by atoms with Crippen molar-refractivity contribution >= 4 is 15.9 Å². The molecule has 0 aliphatic rings. The van der Waals surface area contributed by atoms with E-state index in [2.05, 4.69) is 43.0 Å². The fraction of sp³-hybridized carbons (Fsp3) is 0.182. The number of aromatic nitrogens is 3. The van der Waals surface area contributed by atoms with Crippen molar-refractivity contribution < 1.29 is 0 Å². The lowest BCUT2D eigenvalue weighted by Gasteiger charge is -2.00. The van der Waals surface area contributed by atoms with Gasteiger partial charge in [-0.25, -0.2) is 15.0 Å². The smallest absolute Gasteiger partial charge is 0.132 e. The molecule has 3 nitrogen and oxygen atoms in total. The van der Waals surface area contributed by atoms with Crippen LogP contribution in [0.2, 0.25) is 0 Å². The summed E-state index contributed by atoms with van der Waals surface area (Å²) in [6.45, 7) is 0. The molecule has 2 aromatic rings. The van der Waals surface area contributed by atoms with Gasteiger partial charge >= 0.3 is 0 Å². The second kappa shape index (κ2) is 4.98. The first kappa shape index (κ1) is 10.2. The zero-order chi connectivity index (χ0) is 10.5. The highest BCUT2D eigenvalue weighted by Crippen LogP contribution is 2.12. The summed E-state index contributed by atoms with van der Waals surface area (Å²) in [5, 5.41) is 0. The van der Waals surface area contributed by atoms with Gasteiger partial charge in [0, 0.05) is 10.9 Å². The van der Waals surface area contributed by atoms with Crippen LogP contribution in [0.5, 0.6) is 0 Å². The maximum atomic E-state index is 4.08. The van der Waals surface area contributed by atoms with Gasteiger partial charge in [-0.3, -0.25) is 0 Å². The van der Waals surface area contributed by atoms with E-state index >= 15 is 0 Å². The van der Waals surface area contributed by atoms with Gasteiger partial charge < -0.3 is 0 Å². The Balaban J connectivity index is 1.99. The number of nitrogens with zero attached hydrogens (tertiary/aromatic N) is 3. The average Bonchev–Trinajstić information content (AvgIpc) is 2.28. The molecule has 2 rings (SSSR count). The average molecular weight is 264 g/mol. The quantitative estimate of drug-likeness (QED) is 0.854. The molecular weight excluding hydrogens is 254 g/mol. The summed E-state index contributed by atoms with van der Waals surface area (Å²) < 4.78 is 1.11. The number of aryl methyl sites for hydroxylation is 2. The van der Waals surface area contributed by atoms with Gasteiger partial charge in [0.15, 0.2) is 0 Å². The van der Waals surface area contributed by atoms with Crippen molar-refractivity contribution in [3.8, 4) is 0 Å². The Bertz CT molecular complexity index is 431. The lowest BCUT2D eigenvalue weighted by atomic mass is 10.1. The van der Waals surface area contributed by atoms with E-state index < -0.39 is 0 Å². The van der Waals surface area contributed by atoms with E-state index in [1.165, 1.54) is 18.2 Å². The number of rotatable bonds is 3. The molecule has 1 aromatic heterocycles. The lowest BCUT2D eigenvalue weighted by molar-refractivity contribution is 0.834. The number of hydrogen-bond donors (Lipinski definition) is 0. The molecule has 0 spiro atoms. The van der Waals surface area contributed by atoms with Crippen molar-refractivity contribution in [2.45, 2.75) is 12.8 Å². The van der Waals surface area contributed by atoms with Gasteiger partial charge in [0.25, 0.3) is 0 Å². The molecular formula is C11H10BrN3. The highest BCUT2D eigenvalue weighted by atomic mass is 79.9. The van der Waals surface area contributed by atoms with Gasteiger partial charge in [0.05, 0.1) is 0 Å². The van der Waals surface area contributed by atoms with Crippen molar-refractivity contribution in [3.05, 3.63) is 52.8 Å². The standard InChI is InChI=1S/C11H10BrN3/c12-10-3-1-2-9(6-10)4-5-11-14-7-13-8-15-11/h1-3,6-8H,4-5H2. The van der Waals surface area contributed by atoms with Crippen LogP contribution in [0.15, 0.2) is 41.4 Å². The van der Waals surface area contributed by atoms with E-state index in [1.54, 1.807) is 0 Å². The molecule has 0 atom stereocenters. The van der Waals surface area contributed by atoms with Crippen molar-refractivity contribution in [2.75, 3.05) is 0 Å². The maximum Gasteiger partial charge on any atom is 0.132 e. The third kappa shape index (κ3) is 3.09. The van der Waals surface area contributed by atoms with E-state index in [9.17, 15) is 0 Å². The van der Waals surface area contributed by atoms with E-state index in [0.29, 0.717) is 0 Å². The SMILES string of the molecule is Brc1cccc(CCc2ncncn2)c1. The third-order valence-electron chi connectivity index (χ3n) is 2.07. The van der Waals surface area contributed by atoms with Crippen molar-refractivity contribution in [1.82, 2.24) is 15.0 Å². The van der Waals surface area contributed by atoms with Crippen LogP contribution in [0.3, 0.4) is 0 Å². The highest BCUT2D eigenvalue weighted by molar-refractivity contribution is 9.10. The monoisotopic (exact) mass is 263 g/mol. The van der Waals surface area contributed by atoms with Crippen LogP contribution in [-0.2, 0) is 12.8 Å². The minimum atomic E-state index is 0.838. The number of hydrogen-bond acceptors (Lipinski definition) is 3. The molecule has 0 saturated heterocycles. The summed E-state index contributed by atoms with van der Waals surface area (Å²) in [5.74, 6) is 0.838. The van der Waals surface area contributed by atoms with E-state index in [4.69, 9.17) is 0 Å². The molecule has 0 radical (unpaired) electrons. The van der Waals surface area contributed by atoms with Crippen LogP contribution >= 0.6 is 15.9 Å². The molecule has 0 fully saturated rings. The summed E-state index contributed by atoms with van der Waals surface area (Å²) in [6.07, 6.45) is 4.86. The summed E-state index contributed by atoms with van der Waals surface area (Å²) in [7, 11) is 0. The Labute approximate surface area is 96.7 Å². The Morgan fingerprint density at radius 3 is 2.60 bits per heavy atom. The fourth-order valence-corrected chi connectivity index (χ4v) is 1.79. The van der Waals surface area contributed by atoms with Crippen LogP contribution in [-0.4, -0.2) is 15.0 Å². The topological polar surface area (TPSA) is 38.7 Å². The highest BCUT2D eigenvalue weighted by Gasteiger charge is 1.98. The molecule has 0 aliphatic carbocycles. The molecule has 1 aromatic carbocycles. The van der Waals surface area contributed by atoms with Gasteiger partial charge in [0.1, 0.15) is 18.5 Å². The summed E-state index contributed by atoms with van der Waals surface area (Å²) in [5.41, 5.74) is 1.28. The van der Waals surface area contributed by atoms with E-state index in [0.717, 1.165) is 23.1 Å². The first-order valence-corrected chi connectivity index (χ1v) is 5.49. The zero-order valence-electron chi connectivity index (χ0n) is 8.10. The van der Waals surface area contributed by atoms with E-state index in [1.807, 2.05) is 12.1 Å². The predicted molar refractivity (Wildman–Crippen MR) is 61.4 cm³/mol. The Kier molecular flexibility index (Phi) is 3.40. The molecule has 0 unspecified atom stereocenters. The minimum absolute atomic E-state index is 0.838. The van der Waals surface area contributed by atoms with Crippen molar-refractivity contribution in [3.63, 3.8) is 0 Å². The second-order valence-corrected chi connectivity index (χ2v) is 4.10. The molecule has 0 bridgehead atoms. The van der Waals surface area contributed by atoms with Gasteiger partial charge in [-0.15, -0.1) is 0 Å². The fourth-order valence-electron chi connectivity index (χ4n) is 1.34. The molecule has 0 N–H and O–H groups in total. The Morgan fingerprint density at radius 1 is 1.07 bits per heavy atom. The molecule has 1 heterocycles. The van der Waals surface area contributed by atoms with Crippen LogP contribution in [0.25, 0.3) is 0 Å². The van der Waals surface area contributed by atoms with Gasteiger partial charge in [-0.1, -0.05) is 28.1 Å². The van der Waals surface area contributed by atoms with Crippen LogP contribution < -0.4 is 0 Å². The predicted octanol–water partition coefficient (Wildman–Crippen LogP) is 2.42. The molecule has 0 aliphatic heterocycles. The molecule has 0 saturated carbocycles. The Hall–Kier alpha value is -1.29. The minimum Gasteiger partial charge on any atom is -0.225 e. The normalized spacial score (nSPS) is 10.2. The number of benzene rings is 1. The molecule has 0 amide bonds. The first-order valence-electron chi connectivity index (χ1n) is 4.70. The Morgan fingerprint density at radius 2 is 1.87 bits per heavy atom. The van der Waals surface area contributed by atoms with Crippen LogP contribution in [0.1, 0.15) is 11.4 Å². The molecule has 15 heavy (non-hydrogen) atoms. The van der Waals surface area contributed by atoms with Crippen LogP contribution in [0.4, 0.5) is 0 Å². The second-order valence-electron chi connectivity index (χ2n) is 3.18. The van der Waals surface area contributed by atoms with Gasteiger partial charge in [-0.05, 0) is 24.1 Å². The van der Waals surface area contributed by atoms with E-state index in [-0.39, 0.29) is 0 Å². The largest absolute Gasteiger partial charge is 0.225 e. The summed E-state index contributed by atoms with van der Waals surface area (Å²) in [4.78, 5) is 11.9. The number of halogens is 1. The van der Waals surface area contributed by atoms with Crippen molar-refractivity contribution in [1.29, 1.82) is 0 Å². The molecule has 4 heteroatoms.